The van der Waals surface area contributed by atoms with Crippen molar-refractivity contribution in [1.29, 1.82) is 0 Å². The number of nitrogens with zero attached hydrogens (tertiary/aromatic N) is 2. The molecule has 2 aliphatic heterocycles. The smallest absolute Gasteiger partial charge is 0.352 e. The Labute approximate surface area is 166 Å². The van der Waals surface area contributed by atoms with Gasteiger partial charge in [0.1, 0.15) is 0 Å². The summed E-state index contributed by atoms with van der Waals surface area (Å²) in [4.78, 5) is 19.7. The fraction of sp³-hybridized carbons (Fsp3) is 0.391. The molecule has 2 aliphatic rings. The summed E-state index contributed by atoms with van der Waals surface area (Å²) in [6.45, 7) is 3.34. The second-order valence-electron chi connectivity index (χ2n) is 7.24. The van der Waals surface area contributed by atoms with Crippen LogP contribution >= 0.6 is 0 Å². The van der Waals surface area contributed by atoms with Gasteiger partial charge >= 0.3 is 11.9 Å². The van der Waals surface area contributed by atoms with Gasteiger partial charge in [-0.1, -0.05) is 59.4 Å². The third-order valence-electron chi connectivity index (χ3n) is 5.35. The van der Waals surface area contributed by atoms with Gasteiger partial charge in [0.25, 0.3) is 6.07 Å². The van der Waals surface area contributed by atoms with Crippen LogP contribution < -0.4 is 5.32 Å². The van der Waals surface area contributed by atoms with Gasteiger partial charge in [-0.25, -0.2) is 0 Å². The zero-order chi connectivity index (χ0) is 19.2. The van der Waals surface area contributed by atoms with Crippen LogP contribution in [0.15, 0.2) is 54.6 Å². The number of hydrogen-bond acceptors (Lipinski definition) is 3. The van der Waals surface area contributed by atoms with Gasteiger partial charge in [-0.2, -0.15) is 0 Å². The number of hydrogen-bond donors (Lipinski definition) is 1. The Bertz CT molecular complexity index is 866. The van der Waals surface area contributed by atoms with Crippen LogP contribution in [-0.2, 0) is 22.4 Å². The van der Waals surface area contributed by atoms with Gasteiger partial charge in [-0.05, 0) is 23.1 Å². The van der Waals surface area contributed by atoms with Crippen molar-refractivity contribution in [3.63, 3.8) is 0 Å². The molecule has 2 aromatic rings. The minimum absolute atomic E-state index is 0.0590. The molecule has 0 spiro atoms. The Morgan fingerprint density at radius 3 is 2.71 bits per heavy atom. The van der Waals surface area contributed by atoms with Crippen LogP contribution in [0.1, 0.15) is 22.7 Å². The van der Waals surface area contributed by atoms with Crippen LogP contribution in [0.5, 0.6) is 0 Å². The molecule has 5 nitrogen and oxygen atoms in total. The van der Waals surface area contributed by atoms with Crippen LogP contribution in [0.3, 0.4) is 0 Å². The summed E-state index contributed by atoms with van der Waals surface area (Å²) in [6, 6.07) is 21.2. The van der Waals surface area contributed by atoms with E-state index >= 15 is 0 Å². The third-order valence-corrected chi connectivity index (χ3v) is 5.35. The second-order valence-corrected chi connectivity index (χ2v) is 7.24. The highest BCUT2D eigenvalue weighted by atomic mass is 16.5. The van der Waals surface area contributed by atoms with Crippen LogP contribution in [0.2, 0.25) is 0 Å². The van der Waals surface area contributed by atoms with E-state index in [4.69, 9.17) is 4.74 Å². The molecule has 0 bridgehead atoms. The lowest BCUT2D eigenvalue weighted by Crippen LogP contribution is -2.45. The maximum Gasteiger partial charge on any atom is 0.352 e. The lowest BCUT2D eigenvalue weighted by molar-refractivity contribution is -0.135. The van der Waals surface area contributed by atoms with E-state index in [9.17, 15) is 4.79 Å². The van der Waals surface area contributed by atoms with Crippen molar-refractivity contribution in [2.24, 2.45) is 0 Å². The molecule has 1 amide bonds. The first-order chi connectivity index (χ1) is 13.8. The zero-order valence-electron chi connectivity index (χ0n) is 16.0. The number of carbonyl (C=O) groups is 1. The fourth-order valence-electron chi connectivity index (χ4n) is 3.80. The van der Waals surface area contributed by atoms with E-state index < -0.39 is 6.04 Å². The van der Waals surface area contributed by atoms with Gasteiger partial charge in [0.15, 0.2) is 6.04 Å². The standard InChI is InChI=1S/C23H26N3O2/c27-23(26-12-14-28-15-13-26)21(16-18-6-2-1-3-7-18)25-17-22-20-9-5-4-8-19(20)10-11-24-22/h1-9,21-22,24H,10-16H2/q+1. The Morgan fingerprint density at radius 1 is 1.14 bits per heavy atom. The Morgan fingerprint density at radius 2 is 1.89 bits per heavy atom. The predicted molar refractivity (Wildman–Crippen MR) is 109 cm³/mol. The summed E-state index contributed by atoms with van der Waals surface area (Å²) < 4.78 is 5.39. The minimum Gasteiger partial charge on any atom is -0.378 e. The molecule has 1 saturated heterocycles. The Balaban J connectivity index is 1.57. The lowest BCUT2D eigenvalue weighted by atomic mass is 9.95. The number of ether oxygens (including phenoxy) is 1. The molecule has 0 radical (unpaired) electrons. The van der Waals surface area contributed by atoms with Crippen molar-refractivity contribution in [2.75, 3.05) is 32.8 Å². The molecule has 4 rings (SSSR count). The number of rotatable bonds is 3. The molecule has 5 heteroatoms. The lowest BCUT2D eigenvalue weighted by Gasteiger charge is -2.26. The molecule has 1 N–H and O–H groups in total. The van der Waals surface area contributed by atoms with Crippen molar-refractivity contribution in [3.8, 4) is 6.07 Å². The largest absolute Gasteiger partial charge is 0.378 e. The van der Waals surface area contributed by atoms with E-state index in [1.165, 1.54) is 11.1 Å². The summed E-state index contributed by atoms with van der Waals surface area (Å²) >= 11 is 0. The number of carbonyl (C=O) groups excluding carboxylic acids is 1. The van der Waals surface area contributed by atoms with Crippen molar-refractivity contribution in [3.05, 3.63) is 76.1 Å². The first-order valence-electron chi connectivity index (χ1n) is 9.98. The molecular formula is C23H26N3O2+. The van der Waals surface area contributed by atoms with Crippen LogP contribution in [0, 0.1) is 6.07 Å². The van der Waals surface area contributed by atoms with Crippen LogP contribution in [0.4, 0.5) is 0 Å². The minimum atomic E-state index is -0.462. The van der Waals surface area contributed by atoms with Gasteiger partial charge in [0, 0.05) is 19.6 Å². The molecule has 2 aromatic carbocycles. The third kappa shape index (κ3) is 4.41. The SMILES string of the molecule is O=C(C(Cc1ccccc1)[N+]#CC1NCCc2ccccc21)N1CCOCC1. The average Bonchev–Trinajstić information content (AvgIpc) is 2.77. The highest BCUT2D eigenvalue weighted by Gasteiger charge is 2.34. The van der Waals surface area contributed by atoms with Crippen molar-refractivity contribution in [1.82, 2.24) is 10.2 Å². The first-order valence-corrected chi connectivity index (χ1v) is 9.98. The summed E-state index contributed by atoms with van der Waals surface area (Å²) in [6.07, 6.45) is 1.59. The van der Waals surface area contributed by atoms with E-state index in [1.807, 2.05) is 41.3 Å². The van der Waals surface area contributed by atoms with Gasteiger partial charge in [0.05, 0.1) is 19.6 Å². The van der Waals surface area contributed by atoms with Crippen LogP contribution in [0.25, 0.3) is 4.85 Å². The monoisotopic (exact) mass is 376 g/mol. The van der Waals surface area contributed by atoms with E-state index in [1.54, 1.807) is 0 Å². The van der Waals surface area contributed by atoms with Gasteiger partial charge in [0.2, 0.25) is 0 Å². The molecule has 0 aliphatic carbocycles. The van der Waals surface area contributed by atoms with Gasteiger partial charge in [-0.3, -0.25) is 10.1 Å². The summed E-state index contributed by atoms with van der Waals surface area (Å²) in [5.74, 6) is 0.0590. The molecule has 2 unspecified atom stereocenters. The normalized spacial score (nSPS) is 19.9. The van der Waals surface area contributed by atoms with E-state index in [-0.39, 0.29) is 11.9 Å². The molecule has 28 heavy (non-hydrogen) atoms. The highest BCUT2D eigenvalue weighted by Crippen LogP contribution is 2.22. The Hall–Kier alpha value is -2.68. The molecule has 0 saturated carbocycles. The number of fused-ring (bicyclic) bond motifs is 1. The molecule has 1 fully saturated rings. The topological polar surface area (TPSA) is 45.9 Å². The molecule has 2 atom stereocenters. The van der Waals surface area contributed by atoms with Crippen molar-refractivity contribution < 1.29 is 9.53 Å². The molecule has 2 heterocycles. The molecule has 0 aromatic heterocycles. The second kappa shape index (κ2) is 9.01. The van der Waals surface area contributed by atoms with E-state index in [0.29, 0.717) is 32.7 Å². The van der Waals surface area contributed by atoms with Crippen molar-refractivity contribution >= 4 is 5.91 Å². The molecule has 144 valence electrons. The number of nitrogens with one attached hydrogen (secondary N) is 1. The van der Waals surface area contributed by atoms with Crippen LogP contribution in [-0.4, -0.2) is 49.7 Å². The van der Waals surface area contributed by atoms with E-state index in [0.717, 1.165) is 18.5 Å². The average molecular weight is 376 g/mol. The zero-order valence-corrected chi connectivity index (χ0v) is 16.0. The number of benzene rings is 2. The summed E-state index contributed by atoms with van der Waals surface area (Å²) in [5.41, 5.74) is 3.64. The van der Waals surface area contributed by atoms with Gasteiger partial charge in [-0.15, -0.1) is 0 Å². The fourth-order valence-corrected chi connectivity index (χ4v) is 3.80. The van der Waals surface area contributed by atoms with Crippen molar-refractivity contribution in [2.45, 2.75) is 24.9 Å². The number of morpholine rings is 1. The summed E-state index contributed by atoms with van der Waals surface area (Å²) in [7, 11) is 0. The quantitative estimate of drug-likeness (QED) is 0.896. The Kier molecular flexibility index (Phi) is 6.01. The summed E-state index contributed by atoms with van der Waals surface area (Å²) in [5, 5.41) is 3.46. The van der Waals surface area contributed by atoms with Gasteiger partial charge < -0.3 is 9.64 Å². The maximum atomic E-state index is 13.1. The first kappa shape index (κ1) is 18.7. The number of amides is 1. The van der Waals surface area contributed by atoms with E-state index in [2.05, 4.69) is 34.4 Å². The predicted octanol–water partition coefficient (Wildman–Crippen LogP) is 2.68. The maximum absolute atomic E-state index is 13.1. The molecular weight excluding hydrogens is 350 g/mol. The highest BCUT2D eigenvalue weighted by molar-refractivity contribution is 5.84.